The minimum Gasteiger partial charge on any atom is -0.497 e. The molecule has 0 atom stereocenters. The van der Waals surface area contributed by atoms with E-state index in [2.05, 4.69) is 35.5 Å². The lowest BCUT2D eigenvalue weighted by Gasteiger charge is -2.12. The molecule has 1 heterocycles. The Labute approximate surface area is 129 Å². The Balaban J connectivity index is 2.30. The number of hydrogen-bond acceptors (Lipinski definition) is 2. The molecule has 0 saturated carbocycles. The Kier molecular flexibility index (Phi) is 3.60. The van der Waals surface area contributed by atoms with Crippen molar-refractivity contribution in [2.24, 2.45) is 0 Å². The second-order valence-electron chi connectivity index (χ2n) is 5.14. The first-order chi connectivity index (χ1) is 10.1. The van der Waals surface area contributed by atoms with Crippen LogP contribution in [0.4, 0.5) is 0 Å². The van der Waals surface area contributed by atoms with Crippen LogP contribution in [0, 0.1) is 13.8 Å². The number of fused-ring (bicyclic) bond motifs is 1. The zero-order valence-electron chi connectivity index (χ0n) is 12.4. The first kappa shape index (κ1) is 14.0. The van der Waals surface area contributed by atoms with Gasteiger partial charge in [-0.15, -0.1) is 11.6 Å². The molecule has 1 aromatic heterocycles. The minimum absolute atomic E-state index is 0.374. The van der Waals surface area contributed by atoms with Crippen molar-refractivity contribution in [1.82, 2.24) is 9.55 Å². The van der Waals surface area contributed by atoms with Crippen LogP contribution >= 0.6 is 11.6 Å². The number of rotatable bonds is 3. The number of halogens is 1. The first-order valence-corrected chi connectivity index (χ1v) is 7.36. The molecule has 0 aliphatic carbocycles. The number of imidazole rings is 1. The number of benzene rings is 2. The maximum atomic E-state index is 6.10. The molecule has 3 aromatic rings. The molecule has 0 fully saturated rings. The molecule has 21 heavy (non-hydrogen) atoms. The molecule has 0 saturated heterocycles. The highest BCUT2D eigenvalue weighted by molar-refractivity contribution is 6.17. The Morgan fingerprint density at radius 2 is 1.95 bits per heavy atom. The van der Waals surface area contributed by atoms with Crippen LogP contribution < -0.4 is 4.74 Å². The monoisotopic (exact) mass is 300 g/mol. The van der Waals surface area contributed by atoms with E-state index < -0.39 is 0 Å². The van der Waals surface area contributed by atoms with Gasteiger partial charge in [0, 0.05) is 0 Å². The Hall–Kier alpha value is -2.00. The summed E-state index contributed by atoms with van der Waals surface area (Å²) in [4.78, 5) is 4.63. The van der Waals surface area contributed by atoms with Gasteiger partial charge in [0.15, 0.2) is 0 Å². The van der Waals surface area contributed by atoms with Gasteiger partial charge < -0.3 is 4.74 Å². The van der Waals surface area contributed by atoms with Crippen LogP contribution in [0.5, 0.6) is 5.75 Å². The summed E-state index contributed by atoms with van der Waals surface area (Å²) in [6.45, 7) is 4.15. The number of methoxy groups -OCH3 is 1. The van der Waals surface area contributed by atoms with Gasteiger partial charge in [0.25, 0.3) is 0 Å². The summed E-state index contributed by atoms with van der Waals surface area (Å²) in [6, 6.07) is 12.3. The fraction of sp³-hybridized carbons (Fsp3) is 0.235. The fourth-order valence-corrected chi connectivity index (χ4v) is 2.78. The fourth-order valence-electron chi connectivity index (χ4n) is 2.60. The Bertz CT molecular complexity index is 808. The van der Waals surface area contributed by atoms with Gasteiger partial charge in [-0.3, -0.25) is 4.57 Å². The molecule has 3 nitrogen and oxygen atoms in total. The van der Waals surface area contributed by atoms with E-state index in [9.17, 15) is 0 Å². The van der Waals surface area contributed by atoms with Crippen molar-refractivity contribution < 1.29 is 4.74 Å². The van der Waals surface area contributed by atoms with Crippen LogP contribution in [-0.4, -0.2) is 16.7 Å². The van der Waals surface area contributed by atoms with Crippen LogP contribution in [0.15, 0.2) is 36.4 Å². The molecular formula is C17H17ClN2O. The maximum Gasteiger partial charge on any atom is 0.129 e. The highest BCUT2D eigenvalue weighted by atomic mass is 35.5. The van der Waals surface area contributed by atoms with Crippen molar-refractivity contribution >= 4 is 22.6 Å². The molecule has 0 unspecified atom stereocenters. The predicted octanol–water partition coefficient (Wildman–Crippen LogP) is 4.39. The van der Waals surface area contributed by atoms with Crippen LogP contribution in [-0.2, 0) is 5.88 Å². The summed E-state index contributed by atoms with van der Waals surface area (Å²) in [5.74, 6) is 2.08. The predicted molar refractivity (Wildman–Crippen MR) is 86.7 cm³/mol. The summed E-state index contributed by atoms with van der Waals surface area (Å²) in [7, 11) is 1.68. The third kappa shape index (κ3) is 2.38. The molecule has 108 valence electrons. The third-order valence-corrected chi connectivity index (χ3v) is 3.88. The topological polar surface area (TPSA) is 27.1 Å². The highest BCUT2D eigenvalue weighted by Gasteiger charge is 2.13. The lowest BCUT2D eigenvalue weighted by molar-refractivity contribution is 0.414. The van der Waals surface area contributed by atoms with E-state index in [0.717, 1.165) is 33.9 Å². The SMILES string of the molecule is COc1ccc(-n2c(CCl)nc3ccc(C)cc32)c(C)c1. The van der Waals surface area contributed by atoms with Crippen molar-refractivity contribution in [3.63, 3.8) is 0 Å². The lowest BCUT2D eigenvalue weighted by atomic mass is 10.1. The van der Waals surface area contributed by atoms with Crippen LogP contribution in [0.3, 0.4) is 0 Å². The molecule has 0 amide bonds. The van der Waals surface area contributed by atoms with Gasteiger partial charge >= 0.3 is 0 Å². The molecule has 2 aromatic carbocycles. The second-order valence-corrected chi connectivity index (χ2v) is 5.41. The quantitative estimate of drug-likeness (QED) is 0.671. The van der Waals surface area contributed by atoms with Crippen molar-refractivity contribution in [2.45, 2.75) is 19.7 Å². The summed E-state index contributed by atoms with van der Waals surface area (Å²) < 4.78 is 7.41. The summed E-state index contributed by atoms with van der Waals surface area (Å²) >= 11 is 6.10. The Morgan fingerprint density at radius 1 is 1.14 bits per heavy atom. The number of ether oxygens (including phenoxy) is 1. The van der Waals surface area contributed by atoms with Gasteiger partial charge in [-0.25, -0.2) is 4.98 Å². The molecular weight excluding hydrogens is 284 g/mol. The smallest absolute Gasteiger partial charge is 0.129 e. The van der Waals surface area contributed by atoms with Gasteiger partial charge in [-0.05, 0) is 55.3 Å². The van der Waals surface area contributed by atoms with E-state index in [1.807, 2.05) is 24.3 Å². The van der Waals surface area contributed by atoms with Gasteiger partial charge in [0.1, 0.15) is 11.6 Å². The number of alkyl halides is 1. The van der Waals surface area contributed by atoms with Crippen molar-refractivity contribution in [2.75, 3.05) is 7.11 Å². The van der Waals surface area contributed by atoms with Crippen molar-refractivity contribution in [3.8, 4) is 11.4 Å². The second kappa shape index (κ2) is 5.41. The molecule has 3 rings (SSSR count). The van der Waals surface area contributed by atoms with Crippen LogP contribution in [0.25, 0.3) is 16.7 Å². The molecule has 4 heteroatoms. The van der Waals surface area contributed by atoms with E-state index in [1.54, 1.807) is 7.11 Å². The largest absolute Gasteiger partial charge is 0.497 e. The minimum atomic E-state index is 0.374. The van der Waals surface area contributed by atoms with Crippen molar-refractivity contribution in [3.05, 3.63) is 53.3 Å². The van der Waals surface area contributed by atoms with E-state index in [4.69, 9.17) is 16.3 Å². The zero-order chi connectivity index (χ0) is 15.0. The number of hydrogen-bond donors (Lipinski definition) is 0. The third-order valence-electron chi connectivity index (χ3n) is 3.64. The molecule has 0 bridgehead atoms. The number of aromatic nitrogens is 2. The summed E-state index contributed by atoms with van der Waals surface area (Å²) in [5.41, 5.74) is 5.46. The van der Waals surface area contributed by atoms with Crippen LogP contribution in [0.2, 0.25) is 0 Å². The molecule has 0 N–H and O–H groups in total. The highest BCUT2D eigenvalue weighted by Crippen LogP contribution is 2.27. The molecule has 0 radical (unpaired) electrons. The number of aryl methyl sites for hydroxylation is 2. The number of nitrogens with zero attached hydrogens (tertiary/aromatic N) is 2. The van der Waals surface area contributed by atoms with Gasteiger partial charge in [-0.1, -0.05) is 6.07 Å². The van der Waals surface area contributed by atoms with Crippen molar-refractivity contribution in [1.29, 1.82) is 0 Å². The van der Waals surface area contributed by atoms with Gasteiger partial charge in [0.05, 0.1) is 29.7 Å². The van der Waals surface area contributed by atoms with Gasteiger partial charge in [0.2, 0.25) is 0 Å². The summed E-state index contributed by atoms with van der Waals surface area (Å²) in [6.07, 6.45) is 0. The van der Waals surface area contributed by atoms with E-state index >= 15 is 0 Å². The van der Waals surface area contributed by atoms with Crippen LogP contribution in [0.1, 0.15) is 17.0 Å². The summed E-state index contributed by atoms with van der Waals surface area (Å²) in [5, 5.41) is 0. The molecule has 0 spiro atoms. The lowest BCUT2D eigenvalue weighted by Crippen LogP contribution is -2.02. The zero-order valence-corrected chi connectivity index (χ0v) is 13.1. The normalized spacial score (nSPS) is 11.0. The van der Waals surface area contributed by atoms with Gasteiger partial charge in [-0.2, -0.15) is 0 Å². The standard InChI is InChI=1S/C17H17ClN2O/c1-11-4-6-14-16(8-11)20(17(10-18)19-14)15-7-5-13(21-3)9-12(15)2/h4-9H,10H2,1-3H3. The maximum absolute atomic E-state index is 6.10. The average molecular weight is 301 g/mol. The Morgan fingerprint density at radius 3 is 2.62 bits per heavy atom. The molecule has 0 aliphatic rings. The first-order valence-electron chi connectivity index (χ1n) is 6.83. The van der Waals surface area contributed by atoms with E-state index in [0.29, 0.717) is 5.88 Å². The molecule has 0 aliphatic heterocycles. The average Bonchev–Trinajstić information content (AvgIpc) is 2.84. The van der Waals surface area contributed by atoms with E-state index in [-0.39, 0.29) is 0 Å². The van der Waals surface area contributed by atoms with E-state index in [1.165, 1.54) is 5.56 Å².